The quantitative estimate of drug-likeness (QED) is 0.630. The maximum atomic E-state index is 12.1. The number of rotatable bonds is 3. The Morgan fingerprint density at radius 3 is 2.63 bits per heavy atom. The van der Waals surface area contributed by atoms with Crippen LogP contribution in [0.25, 0.3) is 0 Å². The number of aromatic nitrogens is 2. The van der Waals surface area contributed by atoms with Crippen molar-refractivity contribution in [2.45, 2.75) is 44.6 Å². The van der Waals surface area contributed by atoms with Gasteiger partial charge in [0.05, 0.1) is 19.0 Å². The molecule has 5 nitrogen and oxygen atoms in total. The van der Waals surface area contributed by atoms with Gasteiger partial charge in [-0.15, -0.1) is 0 Å². The van der Waals surface area contributed by atoms with Crippen molar-refractivity contribution in [2.24, 2.45) is 0 Å². The fourth-order valence-electron chi connectivity index (χ4n) is 2.40. The van der Waals surface area contributed by atoms with Crippen LogP contribution in [0.5, 0.6) is 5.75 Å². The number of halogens is 1. The average molecular weight is 329 g/mol. The lowest BCUT2D eigenvalue weighted by Crippen LogP contribution is -2.47. The van der Waals surface area contributed by atoms with Crippen molar-refractivity contribution in [3.63, 3.8) is 0 Å². The molecule has 2 rings (SSSR count). The Morgan fingerprint density at radius 1 is 1.37 bits per heavy atom. The molecule has 0 N–H and O–H groups in total. The Hall–Kier alpha value is -1.17. The first kappa shape index (κ1) is 14.2. The maximum Gasteiger partial charge on any atom is 0.350 e. The minimum Gasteiger partial charge on any atom is -0.472 e. The van der Waals surface area contributed by atoms with Crippen LogP contribution in [-0.2, 0) is 9.53 Å². The number of methoxy groups -OCH3 is 1. The summed E-state index contributed by atoms with van der Waals surface area (Å²) in [6.45, 7) is 1.83. The molecular weight excluding hydrogens is 312 g/mol. The van der Waals surface area contributed by atoms with E-state index in [0.717, 1.165) is 19.3 Å². The molecule has 1 aliphatic rings. The molecule has 19 heavy (non-hydrogen) atoms. The summed E-state index contributed by atoms with van der Waals surface area (Å²) in [6, 6.07) is 0. The van der Waals surface area contributed by atoms with E-state index in [1.807, 2.05) is 6.92 Å². The molecule has 0 spiro atoms. The lowest BCUT2D eigenvalue weighted by atomic mass is 9.84. The molecule has 1 aliphatic carbocycles. The second-order valence-electron chi connectivity index (χ2n) is 4.74. The third kappa shape index (κ3) is 3.05. The first-order valence-electron chi connectivity index (χ1n) is 6.34. The number of ether oxygens (including phenoxy) is 2. The minimum absolute atomic E-state index is 0.311. The van der Waals surface area contributed by atoms with E-state index in [1.54, 1.807) is 6.20 Å². The molecule has 1 fully saturated rings. The van der Waals surface area contributed by atoms with Crippen molar-refractivity contribution < 1.29 is 14.3 Å². The summed E-state index contributed by atoms with van der Waals surface area (Å²) in [5.41, 5.74) is -0.176. The van der Waals surface area contributed by atoms with Crippen LogP contribution in [0, 0.1) is 6.92 Å². The molecular formula is C13H17BrN2O3. The van der Waals surface area contributed by atoms with Crippen molar-refractivity contribution in [1.29, 1.82) is 0 Å². The van der Waals surface area contributed by atoms with Gasteiger partial charge >= 0.3 is 5.97 Å². The van der Waals surface area contributed by atoms with Gasteiger partial charge in [-0.2, -0.15) is 0 Å². The Bertz CT molecular complexity index is 473. The molecule has 1 aromatic heterocycles. The number of esters is 1. The van der Waals surface area contributed by atoms with E-state index in [4.69, 9.17) is 9.47 Å². The number of carbonyl (C=O) groups excluding carboxylic acids is 1. The van der Waals surface area contributed by atoms with Crippen LogP contribution in [0.1, 0.15) is 37.8 Å². The van der Waals surface area contributed by atoms with Crippen LogP contribution >= 0.6 is 15.9 Å². The molecule has 0 amide bonds. The van der Waals surface area contributed by atoms with Gasteiger partial charge in [0.2, 0.25) is 5.60 Å². The van der Waals surface area contributed by atoms with E-state index in [-0.39, 0.29) is 5.97 Å². The Morgan fingerprint density at radius 2 is 2.05 bits per heavy atom. The van der Waals surface area contributed by atoms with Crippen LogP contribution < -0.4 is 4.74 Å². The van der Waals surface area contributed by atoms with E-state index >= 15 is 0 Å². The zero-order valence-electron chi connectivity index (χ0n) is 11.1. The van der Waals surface area contributed by atoms with Crippen LogP contribution in [0.15, 0.2) is 10.9 Å². The van der Waals surface area contributed by atoms with Crippen LogP contribution in [0.3, 0.4) is 0 Å². The van der Waals surface area contributed by atoms with Crippen LogP contribution in [0.4, 0.5) is 0 Å². The number of hydrogen-bond donors (Lipinski definition) is 0. The van der Waals surface area contributed by atoms with E-state index in [2.05, 4.69) is 25.9 Å². The van der Waals surface area contributed by atoms with Crippen molar-refractivity contribution in [3.05, 3.63) is 16.6 Å². The largest absolute Gasteiger partial charge is 0.472 e. The normalized spacial score (nSPS) is 17.8. The summed E-state index contributed by atoms with van der Waals surface area (Å²) in [5, 5.41) is 0. The highest BCUT2D eigenvalue weighted by molar-refractivity contribution is 9.10. The number of aryl methyl sites for hydroxylation is 1. The zero-order valence-corrected chi connectivity index (χ0v) is 12.7. The zero-order chi connectivity index (χ0) is 13.9. The fraction of sp³-hybridized carbons (Fsp3) is 0.615. The van der Waals surface area contributed by atoms with Crippen molar-refractivity contribution in [3.8, 4) is 5.75 Å². The second kappa shape index (κ2) is 5.86. The van der Waals surface area contributed by atoms with E-state index in [1.165, 1.54) is 7.11 Å². The van der Waals surface area contributed by atoms with Gasteiger partial charge < -0.3 is 9.47 Å². The SMILES string of the molecule is COC(=O)C1(Oc2cnc(Br)nc2C)CCCCC1. The Labute approximate surface area is 120 Å². The molecule has 0 atom stereocenters. The summed E-state index contributed by atoms with van der Waals surface area (Å²) in [7, 11) is 1.40. The van der Waals surface area contributed by atoms with Crippen LogP contribution in [0.2, 0.25) is 0 Å². The van der Waals surface area contributed by atoms with E-state index in [0.29, 0.717) is 29.0 Å². The molecule has 0 radical (unpaired) electrons. The number of nitrogens with zero attached hydrogens (tertiary/aromatic N) is 2. The molecule has 0 bridgehead atoms. The first-order valence-corrected chi connectivity index (χ1v) is 7.13. The maximum absolute atomic E-state index is 12.1. The van der Waals surface area contributed by atoms with Gasteiger partial charge in [-0.1, -0.05) is 6.42 Å². The highest BCUT2D eigenvalue weighted by Crippen LogP contribution is 2.34. The summed E-state index contributed by atoms with van der Waals surface area (Å²) in [5.74, 6) is 0.227. The van der Waals surface area contributed by atoms with Crippen LogP contribution in [-0.4, -0.2) is 28.6 Å². The summed E-state index contributed by atoms with van der Waals surface area (Å²) in [4.78, 5) is 20.3. The molecule has 1 aromatic rings. The fourth-order valence-corrected chi connectivity index (χ4v) is 2.76. The molecule has 1 heterocycles. The lowest BCUT2D eigenvalue weighted by Gasteiger charge is -2.34. The minimum atomic E-state index is -0.880. The molecule has 104 valence electrons. The summed E-state index contributed by atoms with van der Waals surface area (Å²) in [6.07, 6.45) is 5.99. The monoisotopic (exact) mass is 328 g/mol. The predicted octanol–water partition coefficient (Wildman–Crippen LogP) is 2.80. The average Bonchev–Trinajstić information content (AvgIpc) is 2.42. The molecule has 0 aliphatic heterocycles. The third-order valence-electron chi connectivity index (χ3n) is 3.43. The standard InChI is InChI=1S/C13H17BrN2O3/c1-9-10(8-15-12(14)16-9)19-13(11(17)18-2)6-4-3-5-7-13/h8H,3-7H2,1-2H3. The van der Waals surface area contributed by atoms with Crippen molar-refractivity contribution in [1.82, 2.24) is 9.97 Å². The van der Waals surface area contributed by atoms with Gasteiger partial charge in [-0.3, -0.25) is 0 Å². The highest BCUT2D eigenvalue weighted by atomic mass is 79.9. The van der Waals surface area contributed by atoms with Crippen molar-refractivity contribution in [2.75, 3.05) is 7.11 Å². The van der Waals surface area contributed by atoms with Gasteiger partial charge in [0, 0.05) is 0 Å². The third-order valence-corrected chi connectivity index (χ3v) is 3.81. The summed E-state index contributed by atoms with van der Waals surface area (Å²) < 4.78 is 11.4. The Balaban J connectivity index is 2.27. The lowest BCUT2D eigenvalue weighted by molar-refractivity contribution is -0.162. The van der Waals surface area contributed by atoms with E-state index in [9.17, 15) is 4.79 Å². The van der Waals surface area contributed by atoms with Gasteiger partial charge in [0.25, 0.3) is 0 Å². The van der Waals surface area contributed by atoms with Crippen molar-refractivity contribution >= 4 is 21.9 Å². The Kier molecular flexibility index (Phi) is 4.39. The molecule has 0 saturated heterocycles. The number of hydrogen-bond acceptors (Lipinski definition) is 5. The van der Waals surface area contributed by atoms with Gasteiger partial charge in [0.1, 0.15) is 0 Å². The smallest absolute Gasteiger partial charge is 0.350 e. The molecule has 0 unspecified atom stereocenters. The molecule has 0 aromatic carbocycles. The number of carbonyl (C=O) groups is 1. The molecule has 1 saturated carbocycles. The van der Waals surface area contributed by atoms with E-state index < -0.39 is 5.60 Å². The summed E-state index contributed by atoms with van der Waals surface area (Å²) >= 11 is 3.21. The first-order chi connectivity index (χ1) is 9.07. The van der Waals surface area contributed by atoms with Gasteiger partial charge in [0.15, 0.2) is 10.5 Å². The molecule has 6 heteroatoms. The topological polar surface area (TPSA) is 61.3 Å². The predicted molar refractivity (Wildman–Crippen MR) is 72.9 cm³/mol. The van der Waals surface area contributed by atoms with Gasteiger partial charge in [-0.25, -0.2) is 14.8 Å². The van der Waals surface area contributed by atoms with Gasteiger partial charge in [-0.05, 0) is 48.5 Å². The second-order valence-corrected chi connectivity index (χ2v) is 5.45. The highest BCUT2D eigenvalue weighted by Gasteiger charge is 2.43.